The number of halogens is 1. The normalized spacial score (nSPS) is 10.4. The number of aliphatic hydroxyl groups is 1. The predicted octanol–water partition coefficient (Wildman–Crippen LogP) is -2.82. The maximum atomic E-state index is 11.9. The molecule has 0 unspecified atom stereocenters. The monoisotopic (exact) mass is 428 g/mol. The number of hydrogen-bond acceptors (Lipinski definition) is 5. The fourth-order valence-corrected chi connectivity index (χ4v) is 1.79. The molecule has 3 N–H and O–H groups in total. The molecule has 0 spiro atoms. The number of aliphatic hydroxyl groups excluding tert-OH is 1. The van der Waals surface area contributed by atoms with Gasteiger partial charge < -0.3 is 34.2 Å². The summed E-state index contributed by atoms with van der Waals surface area (Å²) in [6.45, 7) is 1.35. The number of carbonyl (C=O) groups is 1. The third-order valence-electron chi connectivity index (χ3n) is 3.13. The largest absolute Gasteiger partial charge is 1.00 e. The first-order chi connectivity index (χ1) is 10.5. The summed E-state index contributed by atoms with van der Waals surface area (Å²) in [5, 5.41) is 23.0. The number of nitrogens with one attached hydrogen (secondary N) is 1. The van der Waals surface area contributed by atoms with Crippen molar-refractivity contribution >= 4 is 12.1 Å². The highest BCUT2D eigenvalue weighted by Crippen LogP contribution is 2.21. The quantitative estimate of drug-likeness (QED) is 0.212. The van der Waals surface area contributed by atoms with E-state index in [9.17, 15) is 15.0 Å². The minimum Gasteiger partial charge on any atom is -1.00 e. The number of aryl methyl sites for hydroxylation is 2. The molecule has 23 heavy (non-hydrogen) atoms. The lowest BCUT2D eigenvalue weighted by molar-refractivity contribution is -0.671. The van der Waals surface area contributed by atoms with Crippen LogP contribution in [0.4, 0.5) is 0 Å². The van der Waals surface area contributed by atoms with Gasteiger partial charge in [-0.05, 0) is 6.92 Å². The third-order valence-corrected chi connectivity index (χ3v) is 3.13. The van der Waals surface area contributed by atoms with E-state index >= 15 is 0 Å². The summed E-state index contributed by atoms with van der Waals surface area (Å²) >= 11 is 0. The van der Waals surface area contributed by atoms with Gasteiger partial charge in [-0.2, -0.15) is 5.10 Å². The van der Waals surface area contributed by atoms with Crippen LogP contribution in [0.2, 0.25) is 0 Å². The van der Waals surface area contributed by atoms with Crippen molar-refractivity contribution in [1.82, 2.24) is 10.4 Å². The Morgan fingerprint density at radius 2 is 2.09 bits per heavy atom. The molecule has 0 radical (unpaired) electrons. The molecule has 122 valence electrons. The minimum absolute atomic E-state index is 0. The van der Waals surface area contributed by atoms with Gasteiger partial charge in [-0.1, -0.05) is 0 Å². The molecular weight excluding hydrogens is 411 g/mol. The number of pyridine rings is 2. The van der Waals surface area contributed by atoms with E-state index in [2.05, 4.69) is 15.5 Å². The lowest BCUT2D eigenvalue weighted by Gasteiger charge is -2.07. The van der Waals surface area contributed by atoms with Gasteiger partial charge in [0.15, 0.2) is 12.4 Å². The van der Waals surface area contributed by atoms with Gasteiger partial charge in [0, 0.05) is 29.5 Å². The first kappa shape index (κ1) is 19.0. The van der Waals surface area contributed by atoms with Crippen molar-refractivity contribution in [3.8, 4) is 5.75 Å². The van der Waals surface area contributed by atoms with Crippen LogP contribution in [0.3, 0.4) is 0 Å². The number of hydrogen-bond donors (Lipinski definition) is 3. The van der Waals surface area contributed by atoms with E-state index < -0.39 is 0 Å². The van der Waals surface area contributed by atoms with Gasteiger partial charge in [0.1, 0.15) is 12.8 Å². The first-order valence-corrected chi connectivity index (χ1v) is 6.60. The van der Waals surface area contributed by atoms with E-state index in [1.807, 2.05) is 11.6 Å². The van der Waals surface area contributed by atoms with Gasteiger partial charge in [-0.3, -0.25) is 9.78 Å². The van der Waals surface area contributed by atoms with E-state index in [0.29, 0.717) is 22.4 Å². The average molecular weight is 428 g/mol. The van der Waals surface area contributed by atoms with Crippen molar-refractivity contribution in [3.63, 3.8) is 0 Å². The Hall–Kier alpha value is -2.07. The van der Waals surface area contributed by atoms with Crippen LogP contribution in [0.25, 0.3) is 0 Å². The SMILES string of the molecule is Cc1ncc(CO)c(C=NNC(=O)c2cc[n+](C)cc2)c1O.[I-]. The topological polar surface area (TPSA) is 98.7 Å². The summed E-state index contributed by atoms with van der Waals surface area (Å²) < 4.78 is 1.81. The van der Waals surface area contributed by atoms with Crippen LogP contribution < -0.4 is 34.0 Å². The summed E-state index contributed by atoms with van der Waals surface area (Å²) in [5.41, 5.74) is 4.01. The van der Waals surface area contributed by atoms with Gasteiger partial charge in [-0.25, -0.2) is 9.99 Å². The smallest absolute Gasteiger partial charge is 0.271 e. The Morgan fingerprint density at radius 1 is 1.43 bits per heavy atom. The zero-order valence-electron chi connectivity index (χ0n) is 12.7. The van der Waals surface area contributed by atoms with E-state index in [-0.39, 0.29) is 42.2 Å². The molecule has 0 aliphatic heterocycles. The van der Waals surface area contributed by atoms with Crippen LogP contribution >= 0.6 is 0 Å². The van der Waals surface area contributed by atoms with Gasteiger partial charge >= 0.3 is 0 Å². The first-order valence-electron chi connectivity index (χ1n) is 6.60. The van der Waals surface area contributed by atoms with Crippen molar-refractivity contribution in [2.75, 3.05) is 0 Å². The maximum absolute atomic E-state index is 11.9. The summed E-state index contributed by atoms with van der Waals surface area (Å²) in [6.07, 6.45) is 6.24. The number of amides is 1. The molecule has 0 saturated carbocycles. The summed E-state index contributed by atoms with van der Waals surface area (Å²) in [7, 11) is 1.85. The van der Waals surface area contributed by atoms with Crippen LogP contribution in [-0.2, 0) is 13.7 Å². The number of aromatic hydroxyl groups is 1. The molecule has 2 aromatic rings. The molecule has 0 aliphatic carbocycles. The molecule has 0 saturated heterocycles. The molecule has 0 bridgehead atoms. The predicted molar refractivity (Wildman–Crippen MR) is 79.2 cm³/mol. The van der Waals surface area contributed by atoms with E-state index in [1.165, 1.54) is 12.4 Å². The van der Waals surface area contributed by atoms with E-state index in [4.69, 9.17) is 0 Å². The molecule has 8 heteroatoms. The molecule has 1 amide bonds. The maximum Gasteiger partial charge on any atom is 0.271 e. The second-order valence-corrected chi connectivity index (χ2v) is 4.74. The van der Waals surface area contributed by atoms with Crippen LogP contribution in [-0.4, -0.2) is 27.3 Å². The molecule has 2 heterocycles. The highest BCUT2D eigenvalue weighted by Gasteiger charge is 2.10. The molecule has 7 nitrogen and oxygen atoms in total. The van der Waals surface area contributed by atoms with Gasteiger partial charge in [0.25, 0.3) is 5.91 Å². The second kappa shape index (κ2) is 8.53. The molecule has 0 aromatic carbocycles. The van der Waals surface area contributed by atoms with Gasteiger partial charge in [0.2, 0.25) is 0 Å². The third kappa shape index (κ3) is 4.70. The number of nitrogens with zero attached hydrogens (tertiary/aromatic N) is 3. The van der Waals surface area contributed by atoms with E-state index in [1.54, 1.807) is 31.5 Å². The molecule has 0 atom stereocenters. The van der Waals surface area contributed by atoms with Crippen LogP contribution in [0.15, 0.2) is 35.8 Å². The fourth-order valence-electron chi connectivity index (χ4n) is 1.79. The number of carbonyl (C=O) groups excluding carboxylic acids is 1. The zero-order valence-corrected chi connectivity index (χ0v) is 14.9. The van der Waals surface area contributed by atoms with Crippen molar-refractivity contribution in [2.24, 2.45) is 12.1 Å². The van der Waals surface area contributed by atoms with Crippen LogP contribution in [0.5, 0.6) is 5.75 Å². The van der Waals surface area contributed by atoms with Crippen molar-refractivity contribution in [2.45, 2.75) is 13.5 Å². The van der Waals surface area contributed by atoms with E-state index in [0.717, 1.165) is 0 Å². The second-order valence-electron chi connectivity index (χ2n) is 4.74. The highest BCUT2D eigenvalue weighted by molar-refractivity contribution is 5.95. The lowest BCUT2D eigenvalue weighted by atomic mass is 10.1. The van der Waals surface area contributed by atoms with Gasteiger partial charge in [-0.15, -0.1) is 0 Å². The Balaban J connectivity index is 0.00000264. The standard InChI is InChI=1S/C15H16N4O3.HI/c1-10-14(21)13(12(9-20)7-16-10)8-17-18-15(22)11-3-5-19(2)6-4-11;/h3-8,20,22H,9H2,1-2H3;1H. The number of aromatic nitrogens is 2. The van der Waals surface area contributed by atoms with Crippen LogP contribution in [0, 0.1) is 6.92 Å². The Bertz CT molecular complexity index is 717. The summed E-state index contributed by atoms with van der Waals surface area (Å²) in [5.74, 6) is -0.441. The molecule has 0 fully saturated rings. The Kier molecular flexibility index (Phi) is 7.04. The zero-order chi connectivity index (χ0) is 16.1. The lowest BCUT2D eigenvalue weighted by Crippen LogP contribution is -3.00. The minimum atomic E-state index is -0.368. The molecule has 0 aliphatic rings. The molecular formula is C15H17IN4O3. The van der Waals surface area contributed by atoms with Crippen molar-refractivity contribution < 1.29 is 43.6 Å². The van der Waals surface area contributed by atoms with Crippen molar-refractivity contribution in [1.29, 1.82) is 0 Å². The van der Waals surface area contributed by atoms with Crippen molar-refractivity contribution in [3.05, 3.63) is 53.1 Å². The molecule has 2 rings (SSSR count). The Labute approximate surface area is 150 Å². The average Bonchev–Trinajstić information content (AvgIpc) is 2.52. The summed E-state index contributed by atoms with van der Waals surface area (Å²) in [6, 6.07) is 3.33. The Morgan fingerprint density at radius 3 is 2.70 bits per heavy atom. The molecule has 2 aromatic heterocycles. The fraction of sp³-hybridized carbons (Fsp3) is 0.200. The van der Waals surface area contributed by atoms with Gasteiger partial charge in [0.05, 0.1) is 24.1 Å². The highest BCUT2D eigenvalue weighted by atomic mass is 127. The number of hydrazone groups is 1. The number of rotatable bonds is 4. The van der Waals surface area contributed by atoms with Crippen LogP contribution in [0.1, 0.15) is 27.2 Å². The summed E-state index contributed by atoms with van der Waals surface area (Å²) in [4.78, 5) is 15.8.